The van der Waals surface area contributed by atoms with E-state index in [1.165, 1.54) is 11.1 Å². The summed E-state index contributed by atoms with van der Waals surface area (Å²) in [5.41, 5.74) is 2.61. The van der Waals surface area contributed by atoms with Crippen molar-refractivity contribution in [1.29, 1.82) is 0 Å². The molecule has 1 saturated heterocycles. The van der Waals surface area contributed by atoms with E-state index in [9.17, 15) is 0 Å². The van der Waals surface area contributed by atoms with Crippen LogP contribution in [0.2, 0.25) is 0 Å². The molecule has 0 bridgehead atoms. The summed E-state index contributed by atoms with van der Waals surface area (Å²) < 4.78 is 5.62. The van der Waals surface area contributed by atoms with Crippen LogP contribution in [0.15, 0.2) is 42.0 Å². The zero-order chi connectivity index (χ0) is 17.1. The van der Waals surface area contributed by atoms with E-state index >= 15 is 0 Å². The average Bonchev–Trinajstić information content (AvgIpc) is 3.10. The van der Waals surface area contributed by atoms with Gasteiger partial charge in [0.05, 0.1) is 18.1 Å². The number of morpholine rings is 1. The predicted octanol–water partition coefficient (Wildman–Crippen LogP) is 3.52. The molecular formula is C19H22N4OS. The number of fused-ring (bicyclic) bond motifs is 1. The topological polar surface area (TPSA) is 50.3 Å². The summed E-state index contributed by atoms with van der Waals surface area (Å²) >= 11 is 1.64. The first-order valence-corrected chi connectivity index (χ1v) is 9.50. The van der Waals surface area contributed by atoms with Crippen LogP contribution in [0.25, 0.3) is 10.2 Å². The normalized spacial score (nSPS) is 18.5. The third-order valence-electron chi connectivity index (χ3n) is 4.44. The molecule has 5 nitrogen and oxygen atoms in total. The highest BCUT2D eigenvalue weighted by Gasteiger charge is 2.16. The number of rotatable bonds is 5. The Morgan fingerprint density at radius 3 is 3.12 bits per heavy atom. The summed E-state index contributed by atoms with van der Waals surface area (Å²) in [5.74, 6) is 0.902. The van der Waals surface area contributed by atoms with Crippen molar-refractivity contribution < 1.29 is 4.74 Å². The summed E-state index contributed by atoms with van der Waals surface area (Å²) in [5, 5.41) is 6.59. The summed E-state index contributed by atoms with van der Waals surface area (Å²) in [7, 11) is 0. The maximum Gasteiger partial charge on any atom is 0.138 e. The van der Waals surface area contributed by atoms with E-state index in [-0.39, 0.29) is 0 Å². The molecule has 0 saturated carbocycles. The molecule has 3 aromatic rings. The van der Waals surface area contributed by atoms with Gasteiger partial charge in [0.1, 0.15) is 17.0 Å². The van der Waals surface area contributed by atoms with E-state index in [1.807, 2.05) is 0 Å². The van der Waals surface area contributed by atoms with E-state index in [1.54, 1.807) is 17.7 Å². The first-order valence-electron chi connectivity index (χ1n) is 8.62. The number of nitrogens with zero attached hydrogens (tertiary/aromatic N) is 3. The van der Waals surface area contributed by atoms with Gasteiger partial charge in [0.2, 0.25) is 0 Å². The van der Waals surface area contributed by atoms with Crippen LogP contribution < -0.4 is 5.32 Å². The minimum atomic E-state index is 0.324. The third-order valence-corrected chi connectivity index (χ3v) is 5.27. The van der Waals surface area contributed by atoms with Gasteiger partial charge < -0.3 is 10.1 Å². The molecule has 25 heavy (non-hydrogen) atoms. The van der Waals surface area contributed by atoms with E-state index in [0.29, 0.717) is 6.10 Å². The number of benzene rings is 1. The molecule has 130 valence electrons. The van der Waals surface area contributed by atoms with Crippen LogP contribution >= 0.6 is 11.3 Å². The van der Waals surface area contributed by atoms with Crippen molar-refractivity contribution >= 4 is 27.4 Å². The number of ether oxygens (including phenoxy) is 1. The Labute approximate surface area is 151 Å². The Balaban J connectivity index is 1.42. The van der Waals surface area contributed by atoms with Crippen LogP contribution in [0.5, 0.6) is 0 Å². The number of nitrogens with one attached hydrogen (secondary N) is 1. The number of hydrogen-bond acceptors (Lipinski definition) is 6. The van der Waals surface area contributed by atoms with Crippen LogP contribution in [0, 0.1) is 0 Å². The second kappa shape index (κ2) is 7.47. The number of aromatic nitrogens is 2. The van der Waals surface area contributed by atoms with Gasteiger partial charge in [0.15, 0.2) is 0 Å². The lowest BCUT2D eigenvalue weighted by Crippen LogP contribution is -2.40. The average molecular weight is 354 g/mol. The maximum atomic E-state index is 5.62. The van der Waals surface area contributed by atoms with Crippen LogP contribution in [-0.4, -0.2) is 40.7 Å². The van der Waals surface area contributed by atoms with Crippen molar-refractivity contribution in [3.05, 3.63) is 53.2 Å². The van der Waals surface area contributed by atoms with Crippen molar-refractivity contribution in [3.8, 4) is 0 Å². The lowest BCUT2D eigenvalue weighted by molar-refractivity contribution is -0.0212. The molecule has 0 radical (unpaired) electrons. The van der Waals surface area contributed by atoms with Crippen molar-refractivity contribution in [2.24, 2.45) is 0 Å². The van der Waals surface area contributed by atoms with Gasteiger partial charge in [-0.25, -0.2) is 9.97 Å². The molecule has 0 spiro atoms. The van der Waals surface area contributed by atoms with Gasteiger partial charge in [-0.2, -0.15) is 0 Å². The number of hydrogen-bond donors (Lipinski definition) is 1. The zero-order valence-corrected chi connectivity index (χ0v) is 15.1. The zero-order valence-electron chi connectivity index (χ0n) is 14.3. The molecule has 1 unspecified atom stereocenters. The van der Waals surface area contributed by atoms with E-state index in [0.717, 1.165) is 48.8 Å². The lowest BCUT2D eigenvalue weighted by atomic mass is 10.1. The summed E-state index contributed by atoms with van der Waals surface area (Å²) in [6, 6.07) is 10.8. The fraction of sp³-hybridized carbons (Fsp3) is 0.368. The quantitative estimate of drug-likeness (QED) is 0.760. The molecule has 1 aromatic carbocycles. The van der Waals surface area contributed by atoms with E-state index < -0.39 is 0 Å². The van der Waals surface area contributed by atoms with Gasteiger partial charge in [-0.05, 0) is 29.5 Å². The summed E-state index contributed by atoms with van der Waals surface area (Å²) in [6.07, 6.45) is 1.95. The van der Waals surface area contributed by atoms with Crippen molar-refractivity contribution in [2.75, 3.05) is 25.0 Å². The van der Waals surface area contributed by atoms with Crippen LogP contribution in [0.3, 0.4) is 0 Å². The highest BCUT2D eigenvalue weighted by atomic mass is 32.1. The molecular weight excluding hydrogens is 332 g/mol. The molecule has 1 aliphatic heterocycles. The van der Waals surface area contributed by atoms with Crippen LogP contribution in [0.4, 0.5) is 5.82 Å². The molecule has 3 heterocycles. The van der Waals surface area contributed by atoms with E-state index in [4.69, 9.17) is 4.74 Å². The van der Waals surface area contributed by atoms with Gasteiger partial charge in [0, 0.05) is 26.2 Å². The second-order valence-corrected chi connectivity index (χ2v) is 7.35. The molecule has 2 aromatic heterocycles. The van der Waals surface area contributed by atoms with Gasteiger partial charge in [-0.15, -0.1) is 11.3 Å². The molecule has 1 aliphatic rings. The molecule has 0 aliphatic carbocycles. The molecule has 1 fully saturated rings. The third kappa shape index (κ3) is 3.98. The molecule has 0 amide bonds. The monoisotopic (exact) mass is 354 g/mol. The standard InChI is InChI=1S/C19H22N4OS/c1-14-11-23(6-7-24-14)12-16-4-2-3-15(9-16)10-20-18-17-5-8-25-19(17)22-13-21-18/h2-5,8-9,13-14H,6-7,10-12H2,1H3,(H,20,21,22). The molecule has 4 rings (SSSR count). The van der Waals surface area contributed by atoms with E-state index in [2.05, 4.69) is 62.8 Å². The summed E-state index contributed by atoms with van der Waals surface area (Å²) in [6.45, 7) is 6.70. The highest BCUT2D eigenvalue weighted by Crippen LogP contribution is 2.24. The first kappa shape index (κ1) is 16.4. The first-order chi connectivity index (χ1) is 12.3. The van der Waals surface area contributed by atoms with Crippen molar-refractivity contribution in [1.82, 2.24) is 14.9 Å². The Hall–Kier alpha value is -2.02. The van der Waals surface area contributed by atoms with Gasteiger partial charge in [0.25, 0.3) is 0 Å². The Bertz CT molecular complexity index is 850. The summed E-state index contributed by atoms with van der Waals surface area (Å²) in [4.78, 5) is 12.2. The van der Waals surface area contributed by atoms with Crippen LogP contribution in [-0.2, 0) is 17.8 Å². The van der Waals surface area contributed by atoms with Gasteiger partial charge in [-0.1, -0.05) is 24.3 Å². The highest BCUT2D eigenvalue weighted by molar-refractivity contribution is 7.16. The van der Waals surface area contributed by atoms with Crippen LogP contribution in [0.1, 0.15) is 18.1 Å². The lowest BCUT2D eigenvalue weighted by Gasteiger charge is -2.31. The Morgan fingerprint density at radius 2 is 2.20 bits per heavy atom. The largest absolute Gasteiger partial charge is 0.376 e. The Kier molecular flexibility index (Phi) is 4.92. The second-order valence-electron chi connectivity index (χ2n) is 6.45. The fourth-order valence-electron chi connectivity index (χ4n) is 3.25. The Morgan fingerprint density at radius 1 is 1.28 bits per heavy atom. The SMILES string of the molecule is CC1CN(Cc2cccc(CNc3ncnc4sccc34)c2)CCO1. The van der Waals surface area contributed by atoms with Crippen molar-refractivity contribution in [2.45, 2.75) is 26.1 Å². The van der Waals surface area contributed by atoms with Gasteiger partial charge >= 0.3 is 0 Å². The minimum Gasteiger partial charge on any atom is -0.376 e. The number of thiophene rings is 1. The maximum absolute atomic E-state index is 5.62. The van der Waals surface area contributed by atoms with Gasteiger partial charge in [-0.3, -0.25) is 4.90 Å². The predicted molar refractivity (Wildman–Crippen MR) is 102 cm³/mol. The molecule has 6 heteroatoms. The smallest absolute Gasteiger partial charge is 0.138 e. The minimum absolute atomic E-state index is 0.324. The van der Waals surface area contributed by atoms with Crippen molar-refractivity contribution in [3.63, 3.8) is 0 Å². The fourth-order valence-corrected chi connectivity index (χ4v) is 3.98. The number of anilines is 1. The molecule has 1 N–H and O–H groups in total. The molecule has 1 atom stereocenters.